The minimum absolute atomic E-state index is 0.552. The van der Waals surface area contributed by atoms with Crippen LogP contribution in [0.4, 0.5) is 0 Å². The van der Waals surface area contributed by atoms with Crippen molar-refractivity contribution in [3.8, 4) is 11.4 Å². The maximum absolute atomic E-state index is 10.5. The number of nitrogens with one attached hydrogen (secondary N) is 1. The van der Waals surface area contributed by atoms with Gasteiger partial charge in [-0.15, -0.1) is 0 Å². The first-order valence-electron chi connectivity index (χ1n) is 4.24. The molecule has 0 fully saturated rings. The maximum Gasteiger partial charge on any atom is 0.166 e. The van der Waals surface area contributed by atoms with Gasteiger partial charge in [-0.25, -0.2) is 9.97 Å². The number of carbonyl (C=O) groups is 1. The molecule has 4 nitrogen and oxygen atoms in total. The normalized spacial score (nSPS) is 10.1. The Kier molecular flexibility index (Phi) is 2.10. The van der Waals surface area contributed by atoms with Crippen LogP contribution >= 0.6 is 0 Å². The average molecular weight is 187 g/mol. The smallest absolute Gasteiger partial charge is 0.166 e. The molecule has 0 atom stereocenters. The van der Waals surface area contributed by atoms with Crippen molar-refractivity contribution in [3.63, 3.8) is 0 Å². The van der Waals surface area contributed by atoms with Gasteiger partial charge < -0.3 is 4.98 Å². The lowest BCUT2D eigenvalue weighted by atomic mass is 10.3. The number of H-pyrrole nitrogens is 1. The van der Waals surface area contributed by atoms with Crippen molar-refractivity contribution < 1.29 is 4.79 Å². The Bertz CT molecular complexity index is 462. The van der Waals surface area contributed by atoms with Crippen molar-refractivity contribution in [2.75, 3.05) is 0 Å². The van der Waals surface area contributed by atoms with Gasteiger partial charge >= 0.3 is 0 Å². The lowest BCUT2D eigenvalue weighted by molar-refractivity contribution is 0.111. The summed E-state index contributed by atoms with van der Waals surface area (Å²) < 4.78 is 0. The molecule has 0 aliphatic carbocycles. The molecule has 0 aliphatic rings. The molecule has 0 spiro atoms. The number of rotatable bonds is 2. The Morgan fingerprint density at radius 2 is 2.21 bits per heavy atom. The van der Waals surface area contributed by atoms with Crippen LogP contribution in [0.2, 0.25) is 0 Å². The predicted molar refractivity (Wildman–Crippen MR) is 51.9 cm³/mol. The molecule has 0 bridgehead atoms. The lowest BCUT2D eigenvalue weighted by Crippen LogP contribution is -1.90. The molecule has 0 amide bonds. The molecule has 2 aromatic rings. The van der Waals surface area contributed by atoms with Crippen molar-refractivity contribution in [1.82, 2.24) is 15.0 Å². The van der Waals surface area contributed by atoms with Gasteiger partial charge in [0.05, 0.1) is 17.1 Å². The zero-order chi connectivity index (χ0) is 9.97. The zero-order valence-corrected chi connectivity index (χ0v) is 7.69. The van der Waals surface area contributed by atoms with Crippen molar-refractivity contribution in [1.29, 1.82) is 0 Å². The van der Waals surface area contributed by atoms with Crippen LogP contribution < -0.4 is 0 Å². The Labute approximate surface area is 81.0 Å². The SMILES string of the molecule is Cc1nccc(-c2ccc(C=O)[nH]2)n1. The highest BCUT2D eigenvalue weighted by atomic mass is 16.1. The molecule has 2 heterocycles. The summed E-state index contributed by atoms with van der Waals surface area (Å²) in [7, 11) is 0. The van der Waals surface area contributed by atoms with E-state index in [1.807, 2.05) is 13.0 Å². The summed E-state index contributed by atoms with van der Waals surface area (Å²) >= 11 is 0. The van der Waals surface area contributed by atoms with E-state index in [-0.39, 0.29) is 0 Å². The van der Waals surface area contributed by atoms with E-state index < -0.39 is 0 Å². The van der Waals surface area contributed by atoms with Crippen LogP contribution in [0.25, 0.3) is 11.4 Å². The van der Waals surface area contributed by atoms with E-state index in [1.165, 1.54) is 0 Å². The summed E-state index contributed by atoms with van der Waals surface area (Å²) in [5, 5.41) is 0. The van der Waals surface area contributed by atoms with Crippen molar-refractivity contribution in [2.45, 2.75) is 6.92 Å². The first-order chi connectivity index (χ1) is 6.79. The van der Waals surface area contributed by atoms with Gasteiger partial charge in [0, 0.05) is 6.20 Å². The molecule has 0 aromatic carbocycles. The third-order valence-corrected chi connectivity index (χ3v) is 1.89. The van der Waals surface area contributed by atoms with E-state index in [9.17, 15) is 4.79 Å². The maximum atomic E-state index is 10.5. The second-order valence-corrected chi connectivity index (χ2v) is 2.93. The molecule has 0 unspecified atom stereocenters. The molecule has 14 heavy (non-hydrogen) atoms. The van der Waals surface area contributed by atoms with Crippen LogP contribution in [0.5, 0.6) is 0 Å². The Balaban J connectivity index is 2.43. The van der Waals surface area contributed by atoms with Gasteiger partial charge in [0.15, 0.2) is 6.29 Å². The minimum Gasteiger partial charge on any atom is -0.351 e. The number of aromatic amines is 1. The molecular formula is C10H9N3O. The molecule has 2 aromatic heterocycles. The fraction of sp³-hybridized carbons (Fsp3) is 0.100. The molecule has 0 saturated carbocycles. The summed E-state index contributed by atoms with van der Waals surface area (Å²) in [5.41, 5.74) is 2.18. The van der Waals surface area contributed by atoms with E-state index in [0.29, 0.717) is 11.5 Å². The average Bonchev–Trinajstić information content (AvgIpc) is 2.66. The summed E-state index contributed by atoms with van der Waals surface area (Å²) in [4.78, 5) is 21.6. The molecule has 0 radical (unpaired) electrons. The van der Waals surface area contributed by atoms with E-state index in [0.717, 1.165) is 17.7 Å². The summed E-state index contributed by atoms with van der Waals surface area (Å²) in [6, 6.07) is 5.35. The highest BCUT2D eigenvalue weighted by molar-refractivity contribution is 5.74. The van der Waals surface area contributed by atoms with E-state index in [2.05, 4.69) is 15.0 Å². The standard InChI is InChI=1S/C10H9N3O/c1-7-11-5-4-10(12-7)9-3-2-8(6-14)13-9/h2-6,13H,1H3. The Hall–Kier alpha value is -1.97. The zero-order valence-electron chi connectivity index (χ0n) is 7.69. The van der Waals surface area contributed by atoms with Crippen molar-refractivity contribution in [2.24, 2.45) is 0 Å². The summed E-state index contributed by atoms with van der Waals surface area (Å²) in [6.07, 6.45) is 2.47. The topological polar surface area (TPSA) is 58.6 Å². The number of aldehydes is 1. The fourth-order valence-corrected chi connectivity index (χ4v) is 1.24. The molecular weight excluding hydrogens is 178 g/mol. The number of aryl methyl sites for hydroxylation is 1. The van der Waals surface area contributed by atoms with Crippen LogP contribution in [-0.4, -0.2) is 21.2 Å². The number of carbonyl (C=O) groups excluding carboxylic acids is 1. The molecule has 4 heteroatoms. The van der Waals surface area contributed by atoms with Crippen LogP contribution in [0.1, 0.15) is 16.3 Å². The lowest BCUT2D eigenvalue weighted by Gasteiger charge is -1.97. The number of hydrogen-bond acceptors (Lipinski definition) is 3. The quantitative estimate of drug-likeness (QED) is 0.726. The molecule has 0 aliphatic heterocycles. The van der Waals surface area contributed by atoms with Crippen LogP contribution in [-0.2, 0) is 0 Å². The number of nitrogens with zero attached hydrogens (tertiary/aromatic N) is 2. The second-order valence-electron chi connectivity index (χ2n) is 2.93. The number of hydrogen-bond donors (Lipinski definition) is 1. The summed E-state index contributed by atoms with van der Waals surface area (Å²) in [5.74, 6) is 0.713. The van der Waals surface area contributed by atoms with Gasteiger partial charge in [-0.3, -0.25) is 4.79 Å². The van der Waals surface area contributed by atoms with E-state index in [4.69, 9.17) is 0 Å². The highest BCUT2D eigenvalue weighted by Crippen LogP contribution is 2.14. The molecule has 2 rings (SSSR count). The van der Waals surface area contributed by atoms with E-state index in [1.54, 1.807) is 18.3 Å². The third kappa shape index (κ3) is 1.54. The van der Waals surface area contributed by atoms with Gasteiger partial charge in [-0.1, -0.05) is 0 Å². The van der Waals surface area contributed by atoms with Crippen molar-refractivity contribution >= 4 is 6.29 Å². The van der Waals surface area contributed by atoms with Crippen LogP contribution in [0, 0.1) is 6.92 Å². The minimum atomic E-state index is 0.552. The molecule has 70 valence electrons. The van der Waals surface area contributed by atoms with Crippen LogP contribution in [0.15, 0.2) is 24.4 Å². The van der Waals surface area contributed by atoms with Gasteiger partial charge in [0.2, 0.25) is 0 Å². The van der Waals surface area contributed by atoms with Crippen LogP contribution in [0.3, 0.4) is 0 Å². The van der Waals surface area contributed by atoms with Gasteiger partial charge in [0.1, 0.15) is 5.82 Å². The summed E-state index contributed by atoms with van der Waals surface area (Å²) in [6.45, 7) is 1.83. The third-order valence-electron chi connectivity index (χ3n) is 1.89. The largest absolute Gasteiger partial charge is 0.351 e. The monoisotopic (exact) mass is 187 g/mol. The highest BCUT2D eigenvalue weighted by Gasteiger charge is 2.02. The first-order valence-corrected chi connectivity index (χ1v) is 4.24. The fourth-order valence-electron chi connectivity index (χ4n) is 1.24. The Morgan fingerprint density at radius 1 is 1.36 bits per heavy atom. The van der Waals surface area contributed by atoms with Gasteiger partial charge in [-0.05, 0) is 25.1 Å². The van der Waals surface area contributed by atoms with E-state index >= 15 is 0 Å². The number of aromatic nitrogens is 3. The van der Waals surface area contributed by atoms with Gasteiger partial charge in [-0.2, -0.15) is 0 Å². The second kappa shape index (κ2) is 3.41. The van der Waals surface area contributed by atoms with Crippen molar-refractivity contribution in [3.05, 3.63) is 35.9 Å². The first kappa shape index (κ1) is 8.62. The Morgan fingerprint density at radius 3 is 2.86 bits per heavy atom. The molecule has 0 saturated heterocycles. The molecule has 1 N–H and O–H groups in total. The predicted octanol–water partition coefficient (Wildman–Crippen LogP) is 1.59. The van der Waals surface area contributed by atoms with Gasteiger partial charge in [0.25, 0.3) is 0 Å².